The van der Waals surface area contributed by atoms with E-state index in [1.807, 2.05) is 12.1 Å². The zero-order valence-corrected chi connectivity index (χ0v) is 12.8. The predicted molar refractivity (Wildman–Crippen MR) is 83.7 cm³/mol. The number of halogens is 1. The second-order valence-electron chi connectivity index (χ2n) is 4.64. The van der Waals surface area contributed by atoms with Crippen LogP contribution in [0, 0.1) is 0 Å². The van der Waals surface area contributed by atoms with E-state index >= 15 is 0 Å². The Hall–Kier alpha value is -2.05. The van der Waals surface area contributed by atoms with Crippen LogP contribution in [0.15, 0.2) is 45.7 Å². The molecule has 1 unspecified atom stereocenters. The number of ether oxygens (including phenoxy) is 1. The number of rotatable bonds is 3. The molecular formula is C15H13BrN2O3. The number of methoxy groups -OCH3 is 1. The number of para-hydroxylation sites is 1. The minimum atomic E-state index is -0.863. The number of benzene rings is 2. The number of H-pyrrole nitrogens is 2. The summed E-state index contributed by atoms with van der Waals surface area (Å²) in [5.74, 6) is 0.611. The lowest BCUT2D eigenvalue weighted by Crippen LogP contribution is -2.03. The summed E-state index contributed by atoms with van der Waals surface area (Å²) in [6.45, 7) is 0. The summed E-state index contributed by atoms with van der Waals surface area (Å²) in [6, 6.07) is 10.8. The molecule has 6 heteroatoms. The molecule has 1 aromatic heterocycles. The van der Waals surface area contributed by atoms with Crippen LogP contribution in [0.5, 0.6) is 5.75 Å². The Balaban J connectivity index is 2.14. The standard InChI is InChI=1S/C15H13BrN2O3/c1-21-13-5-3-2-4-8(13)14(19)9-6-11-12(7-10(9)16)18-15(20)17-11/h2-7,14,19H,1H3,(H2,17,18,20). The van der Waals surface area contributed by atoms with Gasteiger partial charge in [0.15, 0.2) is 0 Å². The first kappa shape index (κ1) is 13.9. The van der Waals surface area contributed by atoms with Gasteiger partial charge in [-0.2, -0.15) is 0 Å². The predicted octanol–water partition coefficient (Wildman–Crippen LogP) is 2.71. The molecule has 3 aromatic rings. The first-order valence-corrected chi connectivity index (χ1v) is 7.12. The van der Waals surface area contributed by atoms with Crippen LogP contribution < -0.4 is 10.4 Å². The molecule has 0 spiro atoms. The van der Waals surface area contributed by atoms with E-state index in [9.17, 15) is 9.90 Å². The number of aromatic amines is 2. The summed E-state index contributed by atoms with van der Waals surface area (Å²) < 4.78 is 5.99. The van der Waals surface area contributed by atoms with E-state index in [-0.39, 0.29) is 5.69 Å². The first-order valence-electron chi connectivity index (χ1n) is 6.32. The molecule has 1 heterocycles. The summed E-state index contributed by atoms with van der Waals surface area (Å²) >= 11 is 3.43. The summed E-state index contributed by atoms with van der Waals surface area (Å²) in [7, 11) is 1.56. The Bertz CT molecular complexity index is 853. The van der Waals surface area contributed by atoms with Crippen molar-refractivity contribution in [2.24, 2.45) is 0 Å². The summed E-state index contributed by atoms with van der Waals surface area (Å²) in [5.41, 5.74) is 2.37. The van der Waals surface area contributed by atoms with E-state index in [1.165, 1.54) is 0 Å². The van der Waals surface area contributed by atoms with Crippen LogP contribution in [-0.2, 0) is 0 Å². The van der Waals surface area contributed by atoms with Gasteiger partial charge in [0.2, 0.25) is 0 Å². The van der Waals surface area contributed by atoms with Crippen molar-refractivity contribution in [2.45, 2.75) is 6.10 Å². The van der Waals surface area contributed by atoms with Gasteiger partial charge in [0.25, 0.3) is 0 Å². The van der Waals surface area contributed by atoms with E-state index in [4.69, 9.17) is 4.74 Å². The maximum absolute atomic E-state index is 11.3. The third-order valence-electron chi connectivity index (χ3n) is 3.36. The lowest BCUT2D eigenvalue weighted by molar-refractivity contribution is 0.214. The molecule has 0 aliphatic rings. The van der Waals surface area contributed by atoms with Crippen LogP contribution in [0.4, 0.5) is 0 Å². The molecule has 2 aromatic carbocycles. The molecule has 5 nitrogen and oxygen atoms in total. The zero-order valence-electron chi connectivity index (χ0n) is 11.2. The number of nitrogens with one attached hydrogen (secondary N) is 2. The van der Waals surface area contributed by atoms with E-state index in [0.29, 0.717) is 32.4 Å². The number of aliphatic hydroxyl groups is 1. The molecule has 0 bridgehead atoms. The number of imidazole rings is 1. The highest BCUT2D eigenvalue weighted by Gasteiger charge is 2.18. The minimum absolute atomic E-state index is 0.277. The van der Waals surface area contributed by atoms with Crippen molar-refractivity contribution in [1.29, 1.82) is 0 Å². The van der Waals surface area contributed by atoms with Crippen LogP contribution in [0.25, 0.3) is 11.0 Å². The average Bonchev–Trinajstić information content (AvgIpc) is 2.84. The SMILES string of the molecule is COc1ccccc1C(O)c1cc2[nH]c(=O)[nH]c2cc1Br. The third-order valence-corrected chi connectivity index (χ3v) is 4.05. The van der Waals surface area contributed by atoms with Gasteiger partial charge in [-0.3, -0.25) is 0 Å². The fraction of sp³-hybridized carbons (Fsp3) is 0.133. The molecular weight excluding hydrogens is 336 g/mol. The molecule has 0 saturated heterocycles. The van der Waals surface area contributed by atoms with Gasteiger partial charge < -0.3 is 19.8 Å². The van der Waals surface area contributed by atoms with Crippen molar-refractivity contribution < 1.29 is 9.84 Å². The summed E-state index contributed by atoms with van der Waals surface area (Å²) in [4.78, 5) is 16.7. The van der Waals surface area contributed by atoms with Gasteiger partial charge in [-0.25, -0.2) is 4.79 Å². The second-order valence-corrected chi connectivity index (χ2v) is 5.50. The molecule has 0 radical (unpaired) electrons. The van der Waals surface area contributed by atoms with Crippen LogP contribution in [0.3, 0.4) is 0 Å². The van der Waals surface area contributed by atoms with Crippen molar-refractivity contribution in [1.82, 2.24) is 9.97 Å². The topological polar surface area (TPSA) is 78.1 Å². The fourth-order valence-electron chi connectivity index (χ4n) is 2.34. The molecule has 0 saturated carbocycles. The molecule has 1 atom stereocenters. The number of aliphatic hydroxyl groups excluding tert-OH is 1. The molecule has 108 valence electrons. The highest BCUT2D eigenvalue weighted by Crippen LogP contribution is 2.34. The van der Waals surface area contributed by atoms with Gasteiger partial charge in [0.1, 0.15) is 11.9 Å². The van der Waals surface area contributed by atoms with Crippen molar-refractivity contribution in [3.8, 4) is 5.75 Å². The van der Waals surface area contributed by atoms with Crippen LogP contribution >= 0.6 is 15.9 Å². The Labute approximate surface area is 128 Å². The van der Waals surface area contributed by atoms with E-state index in [1.54, 1.807) is 31.4 Å². The van der Waals surface area contributed by atoms with Gasteiger partial charge in [0.05, 0.1) is 18.1 Å². The zero-order chi connectivity index (χ0) is 15.0. The highest BCUT2D eigenvalue weighted by atomic mass is 79.9. The first-order chi connectivity index (χ1) is 10.1. The Morgan fingerprint density at radius 2 is 1.81 bits per heavy atom. The van der Waals surface area contributed by atoms with Gasteiger partial charge in [-0.15, -0.1) is 0 Å². The molecule has 0 fully saturated rings. The quantitative estimate of drug-likeness (QED) is 0.680. The van der Waals surface area contributed by atoms with Crippen molar-refractivity contribution in [2.75, 3.05) is 7.11 Å². The number of hydrogen-bond donors (Lipinski definition) is 3. The lowest BCUT2D eigenvalue weighted by Gasteiger charge is -2.16. The molecule has 21 heavy (non-hydrogen) atoms. The number of hydrogen-bond acceptors (Lipinski definition) is 3. The number of fused-ring (bicyclic) bond motifs is 1. The normalized spacial score (nSPS) is 12.5. The van der Waals surface area contributed by atoms with Gasteiger partial charge >= 0.3 is 5.69 Å². The highest BCUT2D eigenvalue weighted by molar-refractivity contribution is 9.10. The van der Waals surface area contributed by atoms with E-state index < -0.39 is 6.10 Å². The fourth-order valence-corrected chi connectivity index (χ4v) is 2.90. The second kappa shape index (κ2) is 5.38. The lowest BCUT2D eigenvalue weighted by atomic mass is 10.0. The summed E-state index contributed by atoms with van der Waals surface area (Å²) in [6.07, 6.45) is -0.863. The largest absolute Gasteiger partial charge is 0.496 e. The van der Waals surface area contributed by atoms with Crippen LogP contribution in [0.1, 0.15) is 17.2 Å². The maximum atomic E-state index is 11.3. The summed E-state index contributed by atoms with van der Waals surface area (Å²) in [5, 5.41) is 10.6. The molecule has 3 N–H and O–H groups in total. The molecule has 0 aliphatic carbocycles. The van der Waals surface area contributed by atoms with Crippen molar-refractivity contribution in [3.05, 3.63) is 62.5 Å². The van der Waals surface area contributed by atoms with Crippen molar-refractivity contribution >= 4 is 27.0 Å². The van der Waals surface area contributed by atoms with Gasteiger partial charge in [-0.05, 0) is 18.2 Å². The average molecular weight is 349 g/mol. The maximum Gasteiger partial charge on any atom is 0.323 e. The smallest absolute Gasteiger partial charge is 0.323 e. The van der Waals surface area contributed by atoms with Crippen molar-refractivity contribution in [3.63, 3.8) is 0 Å². The van der Waals surface area contributed by atoms with Crippen LogP contribution in [-0.4, -0.2) is 22.2 Å². The Morgan fingerprint density at radius 1 is 1.14 bits per heavy atom. The molecule has 0 amide bonds. The van der Waals surface area contributed by atoms with Crippen LogP contribution in [0.2, 0.25) is 0 Å². The molecule has 0 aliphatic heterocycles. The monoisotopic (exact) mass is 348 g/mol. The van der Waals surface area contributed by atoms with Gasteiger partial charge in [-0.1, -0.05) is 34.1 Å². The minimum Gasteiger partial charge on any atom is -0.496 e. The van der Waals surface area contributed by atoms with E-state index in [0.717, 1.165) is 0 Å². The Morgan fingerprint density at radius 3 is 2.52 bits per heavy atom. The number of aromatic nitrogens is 2. The molecule has 3 rings (SSSR count). The van der Waals surface area contributed by atoms with Gasteiger partial charge in [0, 0.05) is 15.6 Å². The third kappa shape index (κ3) is 2.48. The van der Waals surface area contributed by atoms with E-state index in [2.05, 4.69) is 25.9 Å². The Kier molecular flexibility index (Phi) is 3.57.